The van der Waals surface area contributed by atoms with Crippen molar-refractivity contribution in [2.45, 2.75) is 6.10 Å². The predicted octanol–water partition coefficient (Wildman–Crippen LogP) is 3.95. The van der Waals surface area contributed by atoms with E-state index in [1.165, 1.54) is 16.0 Å². The third-order valence-corrected chi connectivity index (χ3v) is 6.26. The Labute approximate surface area is 151 Å². The maximum absolute atomic E-state index is 12.3. The lowest BCUT2D eigenvalue weighted by Gasteiger charge is -2.37. The molecular formula is C18H13N3O2S2. The highest BCUT2D eigenvalue weighted by molar-refractivity contribution is 7.22. The highest BCUT2D eigenvalue weighted by atomic mass is 32.1. The van der Waals surface area contributed by atoms with Crippen LogP contribution < -0.4 is 4.90 Å². The molecule has 3 heterocycles. The molecule has 5 nitrogen and oxygen atoms in total. The Hall–Kier alpha value is -2.51. The van der Waals surface area contributed by atoms with Crippen molar-refractivity contribution < 1.29 is 9.53 Å². The zero-order valence-corrected chi connectivity index (χ0v) is 14.7. The summed E-state index contributed by atoms with van der Waals surface area (Å²) in [5.41, 5.74) is 1.85. The average molecular weight is 367 g/mol. The van der Waals surface area contributed by atoms with Crippen LogP contribution in [0.2, 0.25) is 0 Å². The lowest BCUT2D eigenvalue weighted by molar-refractivity contribution is 0.0234. The topological polar surface area (TPSA) is 55.3 Å². The van der Waals surface area contributed by atoms with E-state index in [9.17, 15) is 4.79 Å². The predicted molar refractivity (Wildman–Crippen MR) is 101 cm³/mol. The van der Waals surface area contributed by atoms with Crippen LogP contribution in [-0.2, 0) is 4.74 Å². The van der Waals surface area contributed by atoms with Crippen LogP contribution in [-0.4, -0.2) is 35.1 Å². The van der Waals surface area contributed by atoms with Gasteiger partial charge in [0.05, 0.1) is 33.5 Å². The maximum Gasteiger partial charge on any atom is 0.367 e. The molecule has 0 N–H and O–H groups in total. The second kappa shape index (κ2) is 5.79. The number of nitrogens with zero attached hydrogens (tertiary/aromatic N) is 3. The van der Waals surface area contributed by atoms with Gasteiger partial charge in [0.15, 0.2) is 5.13 Å². The second-order valence-electron chi connectivity index (χ2n) is 5.88. The smallest absolute Gasteiger partial charge is 0.367 e. The van der Waals surface area contributed by atoms with E-state index < -0.39 is 0 Å². The van der Waals surface area contributed by atoms with E-state index in [-0.39, 0.29) is 12.1 Å². The first kappa shape index (κ1) is 14.8. The molecule has 25 heavy (non-hydrogen) atoms. The Balaban J connectivity index is 1.25. The number of para-hydroxylation sites is 2. The third-order valence-electron chi connectivity index (χ3n) is 4.14. The number of carbonyl (C=O) groups excluding carboxylic acids is 1. The Morgan fingerprint density at radius 3 is 2.28 bits per heavy atom. The molecular weight excluding hydrogens is 354 g/mol. The van der Waals surface area contributed by atoms with Crippen LogP contribution >= 0.6 is 22.7 Å². The second-order valence-corrected chi connectivity index (χ2v) is 7.92. The van der Waals surface area contributed by atoms with Gasteiger partial charge >= 0.3 is 5.97 Å². The fourth-order valence-corrected chi connectivity index (χ4v) is 4.66. The number of carbonyl (C=O) groups is 1. The SMILES string of the molecule is O=C(OC1CN(c2nc3ccccc3s2)C1)c1nc2ccccc2s1. The fourth-order valence-electron chi connectivity index (χ4n) is 2.83. The van der Waals surface area contributed by atoms with Crippen LogP contribution in [0, 0.1) is 0 Å². The van der Waals surface area contributed by atoms with E-state index in [0.29, 0.717) is 18.1 Å². The van der Waals surface area contributed by atoms with Gasteiger partial charge in [-0.25, -0.2) is 14.8 Å². The molecule has 0 aliphatic carbocycles. The molecule has 1 saturated heterocycles. The molecule has 5 rings (SSSR count). The fraction of sp³-hybridized carbons (Fsp3) is 0.167. The molecule has 1 aliphatic rings. The number of benzene rings is 2. The van der Waals surface area contributed by atoms with Crippen LogP contribution in [0.1, 0.15) is 9.80 Å². The molecule has 2 aromatic carbocycles. The summed E-state index contributed by atoms with van der Waals surface area (Å²) >= 11 is 3.04. The van der Waals surface area contributed by atoms with E-state index in [0.717, 1.165) is 20.9 Å². The molecule has 4 aromatic rings. The number of aromatic nitrogens is 2. The van der Waals surface area contributed by atoms with Crippen LogP contribution in [0.4, 0.5) is 5.13 Å². The van der Waals surface area contributed by atoms with Crippen LogP contribution in [0.3, 0.4) is 0 Å². The number of rotatable bonds is 3. The minimum absolute atomic E-state index is 0.105. The number of hydrogen-bond donors (Lipinski definition) is 0. The highest BCUT2D eigenvalue weighted by Crippen LogP contribution is 2.32. The lowest BCUT2D eigenvalue weighted by atomic mass is 10.2. The summed E-state index contributed by atoms with van der Waals surface area (Å²) in [6.45, 7) is 1.35. The van der Waals surface area contributed by atoms with Crippen molar-refractivity contribution >= 4 is 54.2 Å². The molecule has 0 unspecified atom stereocenters. The van der Waals surface area contributed by atoms with Crippen molar-refractivity contribution in [3.05, 3.63) is 53.5 Å². The van der Waals surface area contributed by atoms with E-state index in [1.54, 1.807) is 11.3 Å². The van der Waals surface area contributed by atoms with Crippen molar-refractivity contribution in [1.82, 2.24) is 9.97 Å². The average Bonchev–Trinajstić information content (AvgIpc) is 3.20. The number of ether oxygens (including phenoxy) is 1. The van der Waals surface area contributed by atoms with Crippen molar-refractivity contribution in [2.24, 2.45) is 0 Å². The number of anilines is 1. The number of hydrogen-bond acceptors (Lipinski definition) is 7. The minimum Gasteiger partial charge on any atom is -0.453 e. The Kier molecular flexibility index (Phi) is 3.43. The van der Waals surface area contributed by atoms with Gasteiger partial charge in [-0.05, 0) is 24.3 Å². The molecule has 7 heteroatoms. The molecule has 2 aromatic heterocycles. The zero-order valence-electron chi connectivity index (χ0n) is 13.1. The van der Waals surface area contributed by atoms with Gasteiger partial charge in [-0.15, -0.1) is 11.3 Å². The molecule has 0 saturated carbocycles. The molecule has 0 radical (unpaired) electrons. The summed E-state index contributed by atoms with van der Waals surface area (Å²) in [5, 5.41) is 1.40. The molecule has 124 valence electrons. The summed E-state index contributed by atoms with van der Waals surface area (Å²) in [6.07, 6.45) is -0.105. The van der Waals surface area contributed by atoms with Gasteiger partial charge in [0.2, 0.25) is 5.01 Å². The van der Waals surface area contributed by atoms with E-state index in [1.807, 2.05) is 42.5 Å². The summed E-state index contributed by atoms with van der Waals surface area (Å²) in [5.74, 6) is -0.338. The first-order valence-electron chi connectivity index (χ1n) is 7.93. The van der Waals surface area contributed by atoms with Crippen LogP contribution in [0.25, 0.3) is 20.4 Å². The van der Waals surface area contributed by atoms with Gasteiger partial charge in [-0.2, -0.15) is 0 Å². The number of thiazole rings is 2. The van der Waals surface area contributed by atoms with E-state index in [4.69, 9.17) is 4.74 Å². The van der Waals surface area contributed by atoms with Gasteiger partial charge < -0.3 is 9.64 Å². The summed E-state index contributed by atoms with van der Waals surface area (Å²) in [6, 6.07) is 15.8. The molecule has 0 bridgehead atoms. The number of fused-ring (bicyclic) bond motifs is 2. The number of esters is 1. The first-order chi connectivity index (χ1) is 12.3. The third kappa shape index (κ3) is 2.65. The van der Waals surface area contributed by atoms with E-state index >= 15 is 0 Å². The van der Waals surface area contributed by atoms with Crippen molar-refractivity contribution in [2.75, 3.05) is 18.0 Å². The molecule has 0 amide bonds. The molecule has 0 spiro atoms. The summed E-state index contributed by atoms with van der Waals surface area (Å²) in [7, 11) is 0. The first-order valence-corrected chi connectivity index (χ1v) is 9.57. The quantitative estimate of drug-likeness (QED) is 0.513. The summed E-state index contributed by atoms with van der Waals surface area (Å²) in [4.78, 5) is 23.4. The highest BCUT2D eigenvalue weighted by Gasteiger charge is 2.33. The Bertz CT molecular complexity index is 1020. The molecule has 0 atom stereocenters. The van der Waals surface area contributed by atoms with Gasteiger partial charge in [0.1, 0.15) is 6.10 Å². The maximum atomic E-state index is 12.3. The minimum atomic E-state index is -0.338. The van der Waals surface area contributed by atoms with Gasteiger partial charge in [0.25, 0.3) is 0 Å². The van der Waals surface area contributed by atoms with Gasteiger partial charge in [-0.1, -0.05) is 35.6 Å². The summed E-state index contributed by atoms with van der Waals surface area (Å²) < 4.78 is 7.74. The van der Waals surface area contributed by atoms with Crippen LogP contribution in [0.5, 0.6) is 0 Å². The van der Waals surface area contributed by atoms with E-state index in [2.05, 4.69) is 20.9 Å². The monoisotopic (exact) mass is 367 g/mol. The van der Waals surface area contributed by atoms with Gasteiger partial charge in [0, 0.05) is 0 Å². The van der Waals surface area contributed by atoms with Crippen molar-refractivity contribution in [1.29, 1.82) is 0 Å². The zero-order chi connectivity index (χ0) is 16.8. The lowest BCUT2D eigenvalue weighted by Crippen LogP contribution is -2.53. The normalized spacial score (nSPS) is 14.8. The molecule has 1 fully saturated rings. The largest absolute Gasteiger partial charge is 0.453 e. The molecule has 1 aliphatic heterocycles. The van der Waals surface area contributed by atoms with Crippen LogP contribution in [0.15, 0.2) is 48.5 Å². The van der Waals surface area contributed by atoms with Crippen molar-refractivity contribution in [3.8, 4) is 0 Å². The van der Waals surface area contributed by atoms with Crippen molar-refractivity contribution in [3.63, 3.8) is 0 Å². The Morgan fingerprint density at radius 1 is 0.960 bits per heavy atom. The van der Waals surface area contributed by atoms with Gasteiger partial charge in [-0.3, -0.25) is 0 Å². The standard InChI is InChI=1S/C18H13N3O2S2/c22-17(16-19-12-5-1-3-7-14(12)24-16)23-11-9-21(10-11)18-20-13-6-2-4-8-15(13)25-18/h1-8,11H,9-10H2. The Morgan fingerprint density at radius 2 is 1.60 bits per heavy atom.